The molecule has 0 aromatic rings. The van der Waals surface area contributed by atoms with Crippen LogP contribution in [0.25, 0.3) is 0 Å². The Morgan fingerprint density at radius 1 is 0.279 bits per heavy atom. The molecule has 0 aromatic carbocycles. The van der Waals surface area contributed by atoms with E-state index in [0.29, 0.717) is 19.3 Å². The Balaban J connectivity index is 4.28. The molecule has 0 saturated heterocycles. The maximum atomic E-state index is 12.9. The third-order valence-corrected chi connectivity index (χ3v) is 14.2. The normalized spacial score (nSPS) is 12.0. The Morgan fingerprint density at radius 2 is 0.485 bits per heavy atom. The predicted octanol–water partition coefficient (Wildman–Crippen LogP) is 20.4. The Morgan fingerprint density at radius 3 is 0.721 bits per heavy atom. The summed E-state index contributed by atoms with van der Waals surface area (Å²) in [5, 5.41) is 0. The Labute approximate surface area is 425 Å². The molecule has 0 bridgehead atoms. The standard InChI is InChI=1S/C62H120O6/c1-6-7-8-9-10-11-12-13-14-15-16-19-22-27-32-37-42-47-52-60(63)66-55-59(56-67-61(64)53-48-43-38-33-29-24-26-31-36-41-46-51-58(4)5)68-62(65)54-49-44-39-34-28-23-20-17-18-21-25-30-35-40-45-50-57(2)3/h57-59H,6-56H2,1-5H3/t59-/m1/s1. The van der Waals surface area contributed by atoms with Gasteiger partial charge in [-0.2, -0.15) is 0 Å². The van der Waals surface area contributed by atoms with Gasteiger partial charge in [0.15, 0.2) is 6.10 Å². The molecule has 1 atom stereocenters. The second-order valence-corrected chi connectivity index (χ2v) is 22.3. The highest BCUT2D eigenvalue weighted by Gasteiger charge is 2.19. The first-order valence-corrected chi connectivity index (χ1v) is 30.7. The summed E-state index contributed by atoms with van der Waals surface area (Å²) < 4.78 is 16.9. The van der Waals surface area contributed by atoms with Gasteiger partial charge in [0.25, 0.3) is 0 Å². The number of ether oxygens (including phenoxy) is 3. The van der Waals surface area contributed by atoms with E-state index in [2.05, 4.69) is 34.6 Å². The lowest BCUT2D eigenvalue weighted by Gasteiger charge is -2.18. The smallest absolute Gasteiger partial charge is 0.306 e. The van der Waals surface area contributed by atoms with Gasteiger partial charge in [-0.15, -0.1) is 0 Å². The van der Waals surface area contributed by atoms with Crippen molar-refractivity contribution >= 4 is 17.9 Å². The quantitative estimate of drug-likeness (QED) is 0.0343. The molecule has 0 fully saturated rings. The maximum Gasteiger partial charge on any atom is 0.306 e. The molecule has 0 aromatic heterocycles. The molecule has 68 heavy (non-hydrogen) atoms. The molecular formula is C62H120O6. The highest BCUT2D eigenvalue weighted by Crippen LogP contribution is 2.19. The fraction of sp³-hybridized carbons (Fsp3) is 0.952. The lowest BCUT2D eigenvalue weighted by Crippen LogP contribution is -2.30. The fourth-order valence-corrected chi connectivity index (χ4v) is 9.58. The van der Waals surface area contributed by atoms with E-state index < -0.39 is 6.10 Å². The first-order chi connectivity index (χ1) is 33.2. The molecular weight excluding hydrogens is 841 g/mol. The van der Waals surface area contributed by atoms with E-state index in [1.807, 2.05) is 0 Å². The highest BCUT2D eigenvalue weighted by atomic mass is 16.6. The van der Waals surface area contributed by atoms with E-state index in [9.17, 15) is 14.4 Å². The SMILES string of the molecule is CCCCCCCCCCCCCCCCCCCCC(=O)OC[C@H](COC(=O)CCCCCCCCCCCCCC(C)C)OC(=O)CCCCCCCCCCCCCCCCCC(C)C. The van der Waals surface area contributed by atoms with Crippen molar-refractivity contribution in [3.8, 4) is 0 Å². The molecule has 0 heterocycles. The molecule has 0 saturated carbocycles. The summed E-state index contributed by atoms with van der Waals surface area (Å²) in [5.74, 6) is 0.840. The Bertz CT molecular complexity index is 1040. The van der Waals surface area contributed by atoms with Crippen molar-refractivity contribution in [2.75, 3.05) is 13.2 Å². The van der Waals surface area contributed by atoms with Crippen molar-refractivity contribution in [3.05, 3.63) is 0 Å². The van der Waals surface area contributed by atoms with Gasteiger partial charge >= 0.3 is 17.9 Å². The van der Waals surface area contributed by atoms with Gasteiger partial charge in [-0.25, -0.2) is 0 Å². The lowest BCUT2D eigenvalue weighted by atomic mass is 10.0. The van der Waals surface area contributed by atoms with Gasteiger partial charge in [-0.3, -0.25) is 14.4 Å². The van der Waals surface area contributed by atoms with Gasteiger partial charge in [-0.05, 0) is 31.1 Å². The summed E-state index contributed by atoms with van der Waals surface area (Å²) in [5.41, 5.74) is 0. The number of carbonyl (C=O) groups is 3. The van der Waals surface area contributed by atoms with Crippen LogP contribution in [0.4, 0.5) is 0 Å². The topological polar surface area (TPSA) is 78.9 Å². The molecule has 0 spiro atoms. The van der Waals surface area contributed by atoms with Gasteiger partial charge in [0.2, 0.25) is 0 Å². The van der Waals surface area contributed by atoms with E-state index in [4.69, 9.17) is 14.2 Å². The average molecular weight is 962 g/mol. The summed E-state index contributed by atoms with van der Waals surface area (Å²) >= 11 is 0. The van der Waals surface area contributed by atoms with Gasteiger partial charge in [0, 0.05) is 19.3 Å². The van der Waals surface area contributed by atoms with Gasteiger partial charge in [0.1, 0.15) is 13.2 Å². The zero-order chi connectivity index (χ0) is 49.6. The van der Waals surface area contributed by atoms with E-state index >= 15 is 0 Å². The van der Waals surface area contributed by atoms with Crippen LogP contribution in [0.3, 0.4) is 0 Å². The minimum Gasteiger partial charge on any atom is -0.462 e. The largest absolute Gasteiger partial charge is 0.462 e. The molecule has 0 unspecified atom stereocenters. The number of carbonyl (C=O) groups excluding carboxylic acids is 3. The van der Waals surface area contributed by atoms with Gasteiger partial charge in [0.05, 0.1) is 0 Å². The lowest BCUT2D eigenvalue weighted by molar-refractivity contribution is -0.167. The van der Waals surface area contributed by atoms with E-state index in [0.717, 1.165) is 69.6 Å². The number of hydrogen-bond donors (Lipinski definition) is 0. The minimum absolute atomic E-state index is 0.0622. The molecule has 6 nitrogen and oxygen atoms in total. The third kappa shape index (κ3) is 55.3. The second-order valence-electron chi connectivity index (χ2n) is 22.3. The van der Waals surface area contributed by atoms with Gasteiger partial charge < -0.3 is 14.2 Å². The molecule has 0 aliphatic rings. The molecule has 0 aliphatic carbocycles. The zero-order valence-electron chi connectivity index (χ0n) is 46.7. The number of hydrogen-bond acceptors (Lipinski definition) is 6. The molecule has 0 N–H and O–H groups in total. The molecule has 0 aliphatic heterocycles. The number of unbranched alkanes of at least 4 members (excludes halogenated alkanes) is 41. The zero-order valence-corrected chi connectivity index (χ0v) is 46.7. The van der Waals surface area contributed by atoms with E-state index in [1.54, 1.807) is 0 Å². The van der Waals surface area contributed by atoms with E-state index in [1.165, 1.54) is 238 Å². The van der Waals surface area contributed by atoms with Crippen LogP contribution in [0.2, 0.25) is 0 Å². The predicted molar refractivity (Wildman–Crippen MR) is 293 cm³/mol. The summed E-state index contributed by atoms with van der Waals surface area (Å²) in [7, 11) is 0. The molecule has 0 rings (SSSR count). The van der Waals surface area contributed by atoms with Crippen LogP contribution in [0.1, 0.15) is 349 Å². The fourth-order valence-electron chi connectivity index (χ4n) is 9.58. The third-order valence-electron chi connectivity index (χ3n) is 14.2. The summed E-state index contributed by atoms with van der Waals surface area (Å²) in [4.78, 5) is 38.2. The highest BCUT2D eigenvalue weighted by molar-refractivity contribution is 5.71. The molecule has 0 amide bonds. The molecule has 404 valence electrons. The average Bonchev–Trinajstić information content (AvgIpc) is 3.31. The van der Waals surface area contributed by atoms with Crippen LogP contribution in [-0.2, 0) is 28.6 Å². The van der Waals surface area contributed by atoms with Crippen molar-refractivity contribution in [1.82, 2.24) is 0 Å². The van der Waals surface area contributed by atoms with Crippen molar-refractivity contribution in [3.63, 3.8) is 0 Å². The minimum atomic E-state index is -0.763. The summed E-state index contributed by atoms with van der Waals surface area (Å²) in [6.45, 7) is 11.4. The van der Waals surface area contributed by atoms with Crippen molar-refractivity contribution in [2.45, 2.75) is 355 Å². The van der Waals surface area contributed by atoms with E-state index in [-0.39, 0.29) is 31.1 Å². The Hall–Kier alpha value is -1.59. The van der Waals surface area contributed by atoms with Crippen LogP contribution >= 0.6 is 0 Å². The van der Waals surface area contributed by atoms with Crippen LogP contribution in [-0.4, -0.2) is 37.2 Å². The van der Waals surface area contributed by atoms with Crippen molar-refractivity contribution in [2.24, 2.45) is 11.8 Å². The first-order valence-electron chi connectivity index (χ1n) is 30.7. The Kier molecular flexibility index (Phi) is 53.5. The molecule has 0 radical (unpaired) electrons. The number of rotatable bonds is 56. The monoisotopic (exact) mass is 961 g/mol. The van der Waals surface area contributed by atoms with Crippen molar-refractivity contribution < 1.29 is 28.6 Å². The second kappa shape index (κ2) is 54.7. The van der Waals surface area contributed by atoms with Crippen LogP contribution in [0.15, 0.2) is 0 Å². The number of esters is 3. The van der Waals surface area contributed by atoms with Crippen molar-refractivity contribution in [1.29, 1.82) is 0 Å². The molecule has 6 heteroatoms. The summed E-state index contributed by atoms with van der Waals surface area (Å²) in [6, 6.07) is 0. The van der Waals surface area contributed by atoms with Crippen LogP contribution < -0.4 is 0 Å². The van der Waals surface area contributed by atoms with Gasteiger partial charge in [-0.1, -0.05) is 311 Å². The van der Waals surface area contributed by atoms with Crippen LogP contribution in [0, 0.1) is 11.8 Å². The maximum absolute atomic E-state index is 12.9. The summed E-state index contributed by atoms with van der Waals surface area (Å²) in [6.07, 6.45) is 59.6. The first kappa shape index (κ1) is 66.4. The van der Waals surface area contributed by atoms with Crippen LogP contribution in [0.5, 0.6) is 0 Å².